The van der Waals surface area contributed by atoms with Crippen LogP contribution in [-0.2, 0) is 24.3 Å². The highest BCUT2D eigenvalue weighted by Gasteiger charge is 2.43. The Morgan fingerprint density at radius 1 is 1.02 bits per heavy atom. The first-order valence-electron chi connectivity index (χ1n) is 14.4. The molecule has 0 bridgehead atoms. The Bertz CT molecular complexity index is 1940. The van der Waals surface area contributed by atoms with E-state index in [0.717, 1.165) is 18.4 Å². The molecular formula is C35H30F2N4O4. The summed E-state index contributed by atoms with van der Waals surface area (Å²) in [7, 11) is 2.85. The second kappa shape index (κ2) is 12.4. The van der Waals surface area contributed by atoms with E-state index in [1.807, 2.05) is 4.57 Å². The minimum Gasteiger partial charge on any atom is -0.496 e. The molecule has 0 amide bonds. The lowest BCUT2D eigenvalue weighted by Gasteiger charge is -2.16. The molecule has 8 nitrogen and oxygen atoms in total. The van der Waals surface area contributed by atoms with Crippen molar-refractivity contribution in [1.29, 1.82) is 5.26 Å². The quantitative estimate of drug-likeness (QED) is 0.152. The minimum absolute atomic E-state index is 0.171. The standard InChI is InChI=1S/C35H30F2N4O4/c1-43-31-14-22(18-38)6-7-26(31)19-45-33-5-3-4-28(40-33)24-9-8-23(27(37)15-24)17-32-39-29-11-10-25(34(42)44-2)16-30(29)41(32)21-35(20-36)12-13-35/h3-11,14-16H,12-13,17,19-21H2,1-2H3. The number of halogens is 2. The molecule has 1 fully saturated rings. The van der Waals surface area contributed by atoms with Gasteiger partial charge in [-0.25, -0.2) is 19.2 Å². The van der Waals surface area contributed by atoms with Crippen LogP contribution >= 0.6 is 0 Å². The molecule has 1 aliphatic carbocycles. The molecule has 1 aliphatic rings. The number of fused-ring (bicyclic) bond motifs is 1. The fraction of sp³-hybridized carbons (Fsp3) is 0.257. The van der Waals surface area contributed by atoms with Crippen molar-refractivity contribution in [1.82, 2.24) is 14.5 Å². The Balaban J connectivity index is 1.24. The number of alkyl halides is 1. The van der Waals surface area contributed by atoms with Crippen LogP contribution < -0.4 is 9.47 Å². The van der Waals surface area contributed by atoms with Crippen molar-refractivity contribution < 1.29 is 27.8 Å². The molecule has 0 aliphatic heterocycles. The van der Waals surface area contributed by atoms with Gasteiger partial charge in [0.25, 0.3) is 0 Å². The predicted molar refractivity (Wildman–Crippen MR) is 163 cm³/mol. The highest BCUT2D eigenvalue weighted by Crippen LogP contribution is 2.48. The number of methoxy groups -OCH3 is 2. The summed E-state index contributed by atoms with van der Waals surface area (Å²) in [6, 6.07) is 22.4. The third-order valence-electron chi connectivity index (χ3n) is 8.20. The Labute approximate surface area is 258 Å². The van der Waals surface area contributed by atoms with Gasteiger partial charge in [-0.05, 0) is 60.9 Å². The molecule has 0 atom stereocenters. The molecule has 1 saturated carbocycles. The summed E-state index contributed by atoms with van der Waals surface area (Å²) in [4.78, 5) is 21.5. The third-order valence-corrected chi connectivity index (χ3v) is 8.20. The number of pyridine rings is 1. The fourth-order valence-electron chi connectivity index (χ4n) is 5.34. The van der Waals surface area contributed by atoms with Crippen molar-refractivity contribution in [3.63, 3.8) is 0 Å². The summed E-state index contributed by atoms with van der Waals surface area (Å²) in [5.74, 6) is 0.577. The normalized spacial score (nSPS) is 13.3. The summed E-state index contributed by atoms with van der Waals surface area (Å²) in [6.07, 6.45) is 1.71. The van der Waals surface area contributed by atoms with E-state index < -0.39 is 23.9 Å². The largest absolute Gasteiger partial charge is 0.496 e. The zero-order chi connectivity index (χ0) is 31.6. The van der Waals surface area contributed by atoms with E-state index in [9.17, 15) is 9.18 Å². The number of nitriles is 1. The molecule has 5 aromatic rings. The van der Waals surface area contributed by atoms with E-state index in [2.05, 4.69) is 11.1 Å². The Hall–Kier alpha value is -5.30. The number of rotatable bonds is 11. The van der Waals surface area contributed by atoms with E-state index in [0.29, 0.717) is 63.0 Å². The fourth-order valence-corrected chi connectivity index (χ4v) is 5.34. The number of hydrogen-bond acceptors (Lipinski definition) is 7. The Morgan fingerprint density at radius 3 is 2.56 bits per heavy atom. The molecule has 45 heavy (non-hydrogen) atoms. The first-order valence-corrected chi connectivity index (χ1v) is 14.4. The van der Waals surface area contributed by atoms with Crippen molar-refractivity contribution in [2.75, 3.05) is 20.9 Å². The second-order valence-electron chi connectivity index (χ2n) is 11.2. The highest BCUT2D eigenvalue weighted by molar-refractivity contribution is 5.93. The van der Waals surface area contributed by atoms with E-state index >= 15 is 4.39 Å². The molecule has 228 valence electrons. The number of carbonyl (C=O) groups is 1. The molecule has 3 aromatic carbocycles. The maximum Gasteiger partial charge on any atom is 0.337 e. The maximum absolute atomic E-state index is 15.6. The SMILES string of the molecule is COC(=O)c1ccc2nc(Cc3ccc(-c4cccc(OCc5ccc(C#N)cc5OC)n4)cc3F)n(CC3(CF)CC3)c2c1. The molecule has 0 spiro atoms. The van der Waals surface area contributed by atoms with Gasteiger partial charge in [-0.1, -0.05) is 24.3 Å². The van der Waals surface area contributed by atoms with E-state index in [4.69, 9.17) is 24.5 Å². The van der Waals surface area contributed by atoms with Gasteiger partial charge in [0.2, 0.25) is 5.88 Å². The number of aromatic nitrogens is 3. The van der Waals surface area contributed by atoms with Crippen LogP contribution in [0.3, 0.4) is 0 Å². The number of hydrogen-bond donors (Lipinski definition) is 0. The topological polar surface area (TPSA) is 99.3 Å². The number of imidazole rings is 1. The van der Waals surface area contributed by atoms with Crippen LogP contribution in [0, 0.1) is 22.6 Å². The van der Waals surface area contributed by atoms with Gasteiger partial charge in [0.15, 0.2) is 0 Å². The van der Waals surface area contributed by atoms with Gasteiger partial charge >= 0.3 is 5.97 Å². The molecule has 0 N–H and O–H groups in total. The van der Waals surface area contributed by atoms with Crippen LogP contribution in [0.5, 0.6) is 11.6 Å². The van der Waals surface area contributed by atoms with Crippen molar-refractivity contribution in [2.45, 2.75) is 32.4 Å². The van der Waals surface area contributed by atoms with E-state index in [1.54, 1.807) is 66.7 Å². The summed E-state index contributed by atoms with van der Waals surface area (Å²) < 4.78 is 47.6. The zero-order valence-corrected chi connectivity index (χ0v) is 24.8. The number of benzene rings is 3. The monoisotopic (exact) mass is 608 g/mol. The van der Waals surface area contributed by atoms with Crippen molar-refractivity contribution in [3.05, 3.63) is 107 Å². The molecule has 6 rings (SSSR count). The maximum atomic E-state index is 15.6. The molecule has 0 unspecified atom stereocenters. The summed E-state index contributed by atoms with van der Waals surface area (Å²) >= 11 is 0. The van der Waals surface area contributed by atoms with Crippen molar-refractivity contribution in [2.24, 2.45) is 5.41 Å². The lowest BCUT2D eigenvalue weighted by molar-refractivity contribution is 0.0601. The summed E-state index contributed by atoms with van der Waals surface area (Å²) in [6.45, 7) is 0.109. The van der Waals surface area contributed by atoms with Crippen LogP contribution in [0.1, 0.15) is 45.7 Å². The van der Waals surface area contributed by atoms with Gasteiger partial charge in [-0.15, -0.1) is 0 Å². The molecular weight excluding hydrogens is 578 g/mol. The second-order valence-corrected chi connectivity index (χ2v) is 11.2. The third kappa shape index (κ3) is 6.20. The average Bonchev–Trinajstić information content (AvgIpc) is 3.78. The van der Waals surface area contributed by atoms with Crippen LogP contribution in [-0.4, -0.2) is 41.4 Å². The number of carbonyl (C=O) groups excluding carboxylic acids is 1. The summed E-state index contributed by atoms with van der Waals surface area (Å²) in [5, 5.41) is 9.13. The van der Waals surface area contributed by atoms with Gasteiger partial charge in [0.1, 0.15) is 24.0 Å². The molecule has 2 aromatic heterocycles. The number of esters is 1. The van der Waals surface area contributed by atoms with Crippen LogP contribution in [0.4, 0.5) is 8.78 Å². The van der Waals surface area contributed by atoms with Gasteiger partial charge < -0.3 is 18.8 Å². The Morgan fingerprint density at radius 2 is 1.84 bits per heavy atom. The van der Waals surface area contributed by atoms with Crippen molar-refractivity contribution >= 4 is 17.0 Å². The molecule has 0 radical (unpaired) electrons. The first kappa shape index (κ1) is 29.8. The van der Waals surface area contributed by atoms with E-state index in [-0.39, 0.29) is 13.0 Å². The number of nitrogens with zero attached hydrogens (tertiary/aromatic N) is 4. The van der Waals surface area contributed by atoms with Gasteiger partial charge in [-0.2, -0.15) is 5.26 Å². The number of ether oxygens (including phenoxy) is 3. The summed E-state index contributed by atoms with van der Waals surface area (Å²) in [5.41, 5.74) is 4.00. The molecule has 10 heteroatoms. The van der Waals surface area contributed by atoms with Gasteiger partial charge in [0.05, 0.1) is 54.8 Å². The average molecular weight is 609 g/mol. The first-order chi connectivity index (χ1) is 21.8. The van der Waals surface area contributed by atoms with Crippen LogP contribution in [0.15, 0.2) is 72.8 Å². The van der Waals surface area contributed by atoms with Gasteiger partial charge in [-0.3, -0.25) is 4.39 Å². The zero-order valence-electron chi connectivity index (χ0n) is 24.8. The highest BCUT2D eigenvalue weighted by atomic mass is 19.1. The molecule has 2 heterocycles. The van der Waals surface area contributed by atoms with Crippen molar-refractivity contribution in [3.8, 4) is 29.0 Å². The van der Waals surface area contributed by atoms with Crippen LogP contribution in [0.25, 0.3) is 22.3 Å². The smallest absolute Gasteiger partial charge is 0.337 e. The molecule has 0 saturated heterocycles. The lowest BCUT2D eigenvalue weighted by atomic mass is 10.0. The Kier molecular flexibility index (Phi) is 8.18. The van der Waals surface area contributed by atoms with Gasteiger partial charge in [0, 0.05) is 35.6 Å². The van der Waals surface area contributed by atoms with Crippen LogP contribution in [0.2, 0.25) is 0 Å². The lowest BCUT2D eigenvalue weighted by Crippen LogP contribution is -2.16. The predicted octanol–water partition coefficient (Wildman–Crippen LogP) is 6.82. The van der Waals surface area contributed by atoms with E-state index in [1.165, 1.54) is 20.3 Å². The minimum atomic E-state index is -0.475.